The van der Waals surface area contributed by atoms with Crippen LogP contribution in [0.5, 0.6) is 11.5 Å². The molecule has 0 radical (unpaired) electrons. The lowest BCUT2D eigenvalue weighted by Crippen LogP contribution is -2.08. The first-order valence-corrected chi connectivity index (χ1v) is 6.72. The van der Waals surface area contributed by atoms with Gasteiger partial charge in [0.25, 0.3) is 0 Å². The van der Waals surface area contributed by atoms with E-state index < -0.39 is 0 Å². The van der Waals surface area contributed by atoms with Crippen LogP contribution in [0.2, 0.25) is 0 Å². The van der Waals surface area contributed by atoms with Crippen LogP contribution in [0, 0.1) is 6.92 Å². The fourth-order valence-electron chi connectivity index (χ4n) is 2.07. The largest absolute Gasteiger partial charge is 0.497 e. The summed E-state index contributed by atoms with van der Waals surface area (Å²) in [4.78, 5) is 0. The number of methoxy groups -OCH3 is 1. The Morgan fingerprint density at radius 3 is 2.55 bits per heavy atom. The zero-order chi connectivity index (χ0) is 14.5. The number of hydrogen-bond acceptors (Lipinski definition) is 3. The standard InChI is InChI=1S/C17H21NO2/c1-12-6-4-5-7-14(12)11-20-17-10-15(19-3)8-9-16(17)13(2)18/h4-10,13H,11,18H2,1-3H3/t13-/m1/s1. The molecule has 0 spiro atoms. The van der Waals surface area contributed by atoms with Gasteiger partial charge in [-0.1, -0.05) is 30.3 Å². The van der Waals surface area contributed by atoms with E-state index in [2.05, 4.69) is 19.1 Å². The highest BCUT2D eigenvalue weighted by atomic mass is 16.5. The minimum Gasteiger partial charge on any atom is -0.497 e. The molecule has 2 aromatic rings. The van der Waals surface area contributed by atoms with Crippen LogP contribution in [0.1, 0.15) is 29.7 Å². The highest BCUT2D eigenvalue weighted by molar-refractivity contribution is 5.42. The van der Waals surface area contributed by atoms with E-state index in [1.807, 2.05) is 37.3 Å². The van der Waals surface area contributed by atoms with Gasteiger partial charge in [0.05, 0.1) is 7.11 Å². The van der Waals surface area contributed by atoms with E-state index in [-0.39, 0.29) is 6.04 Å². The van der Waals surface area contributed by atoms with E-state index in [1.54, 1.807) is 7.11 Å². The van der Waals surface area contributed by atoms with Crippen LogP contribution in [0.25, 0.3) is 0 Å². The first kappa shape index (κ1) is 14.4. The molecule has 2 rings (SSSR count). The summed E-state index contributed by atoms with van der Waals surface area (Å²) in [7, 11) is 1.64. The molecule has 0 bridgehead atoms. The highest BCUT2D eigenvalue weighted by Crippen LogP contribution is 2.29. The summed E-state index contributed by atoms with van der Waals surface area (Å²) in [6.07, 6.45) is 0. The zero-order valence-electron chi connectivity index (χ0n) is 12.2. The van der Waals surface area contributed by atoms with Crippen LogP contribution in [-0.4, -0.2) is 7.11 Å². The lowest BCUT2D eigenvalue weighted by atomic mass is 10.1. The summed E-state index contributed by atoms with van der Waals surface area (Å²) in [5.41, 5.74) is 9.36. The van der Waals surface area contributed by atoms with Crippen molar-refractivity contribution in [1.82, 2.24) is 0 Å². The molecule has 0 aromatic heterocycles. The Bertz CT molecular complexity index is 579. The van der Waals surface area contributed by atoms with E-state index in [0.717, 1.165) is 17.1 Å². The van der Waals surface area contributed by atoms with Crippen molar-refractivity contribution < 1.29 is 9.47 Å². The summed E-state index contributed by atoms with van der Waals surface area (Å²) in [5, 5.41) is 0. The molecule has 2 aromatic carbocycles. The monoisotopic (exact) mass is 271 g/mol. The molecule has 0 saturated heterocycles. The van der Waals surface area contributed by atoms with Gasteiger partial charge in [-0.3, -0.25) is 0 Å². The van der Waals surface area contributed by atoms with Gasteiger partial charge in [-0.15, -0.1) is 0 Å². The Labute approximate surface area is 120 Å². The SMILES string of the molecule is COc1ccc([C@@H](C)N)c(OCc2ccccc2C)c1. The normalized spacial score (nSPS) is 12.0. The predicted octanol–water partition coefficient (Wildman–Crippen LogP) is 3.60. The molecule has 0 unspecified atom stereocenters. The quantitative estimate of drug-likeness (QED) is 0.903. The Kier molecular flexibility index (Phi) is 4.64. The van der Waals surface area contributed by atoms with Crippen molar-refractivity contribution in [2.75, 3.05) is 7.11 Å². The summed E-state index contributed by atoms with van der Waals surface area (Å²) in [6, 6.07) is 13.9. The molecule has 0 aliphatic carbocycles. The average molecular weight is 271 g/mol. The van der Waals surface area contributed by atoms with E-state index in [4.69, 9.17) is 15.2 Å². The summed E-state index contributed by atoms with van der Waals surface area (Å²) < 4.78 is 11.2. The van der Waals surface area contributed by atoms with Gasteiger partial charge < -0.3 is 15.2 Å². The van der Waals surface area contributed by atoms with Crippen LogP contribution in [0.15, 0.2) is 42.5 Å². The van der Waals surface area contributed by atoms with Crippen molar-refractivity contribution in [3.63, 3.8) is 0 Å². The van der Waals surface area contributed by atoms with Crippen LogP contribution in [0.3, 0.4) is 0 Å². The number of benzene rings is 2. The molecule has 0 amide bonds. The predicted molar refractivity (Wildman–Crippen MR) is 81.1 cm³/mol. The third kappa shape index (κ3) is 3.31. The molecular weight excluding hydrogens is 250 g/mol. The Morgan fingerprint density at radius 2 is 1.90 bits per heavy atom. The van der Waals surface area contributed by atoms with Gasteiger partial charge in [-0.25, -0.2) is 0 Å². The van der Waals surface area contributed by atoms with Gasteiger partial charge in [0.1, 0.15) is 18.1 Å². The molecular formula is C17H21NO2. The summed E-state index contributed by atoms with van der Waals surface area (Å²) in [5.74, 6) is 1.55. The van der Waals surface area contributed by atoms with Crippen molar-refractivity contribution in [3.05, 3.63) is 59.2 Å². The lowest BCUT2D eigenvalue weighted by Gasteiger charge is -2.16. The Balaban J connectivity index is 2.21. The van der Waals surface area contributed by atoms with Crippen LogP contribution >= 0.6 is 0 Å². The molecule has 0 aliphatic heterocycles. The van der Waals surface area contributed by atoms with E-state index in [1.165, 1.54) is 11.1 Å². The second-order valence-electron chi connectivity index (χ2n) is 4.91. The third-order valence-electron chi connectivity index (χ3n) is 3.36. The van der Waals surface area contributed by atoms with Crippen molar-refractivity contribution in [1.29, 1.82) is 0 Å². The Morgan fingerprint density at radius 1 is 1.15 bits per heavy atom. The summed E-state index contributed by atoms with van der Waals surface area (Å²) in [6.45, 7) is 4.55. The van der Waals surface area contributed by atoms with E-state index >= 15 is 0 Å². The van der Waals surface area contributed by atoms with Crippen LogP contribution < -0.4 is 15.2 Å². The van der Waals surface area contributed by atoms with Gasteiger partial charge >= 0.3 is 0 Å². The molecule has 3 heteroatoms. The first-order valence-electron chi connectivity index (χ1n) is 6.72. The number of ether oxygens (including phenoxy) is 2. The minimum atomic E-state index is -0.0761. The molecule has 0 fully saturated rings. The average Bonchev–Trinajstić information content (AvgIpc) is 2.46. The molecule has 0 saturated carbocycles. The van der Waals surface area contributed by atoms with Crippen LogP contribution in [0.4, 0.5) is 0 Å². The van der Waals surface area contributed by atoms with Gasteiger partial charge in [0.2, 0.25) is 0 Å². The number of rotatable bonds is 5. The maximum atomic E-state index is 5.98. The third-order valence-corrected chi connectivity index (χ3v) is 3.36. The molecule has 106 valence electrons. The van der Waals surface area contributed by atoms with Gasteiger partial charge in [-0.05, 0) is 31.0 Å². The van der Waals surface area contributed by atoms with Gasteiger partial charge in [0, 0.05) is 17.7 Å². The van der Waals surface area contributed by atoms with Crippen molar-refractivity contribution in [2.45, 2.75) is 26.5 Å². The second kappa shape index (κ2) is 6.44. The first-order chi connectivity index (χ1) is 9.61. The minimum absolute atomic E-state index is 0.0761. The maximum Gasteiger partial charge on any atom is 0.128 e. The molecule has 1 atom stereocenters. The smallest absolute Gasteiger partial charge is 0.128 e. The van der Waals surface area contributed by atoms with Crippen molar-refractivity contribution in [2.24, 2.45) is 5.73 Å². The van der Waals surface area contributed by atoms with Gasteiger partial charge in [0.15, 0.2) is 0 Å². The topological polar surface area (TPSA) is 44.5 Å². The summed E-state index contributed by atoms with van der Waals surface area (Å²) >= 11 is 0. The maximum absolute atomic E-state index is 5.98. The molecule has 20 heavy (non-hydrogen) atoms. The van der Waals surface area contributed by atoms with Crippen molar-refractivity contribution >= 4 is 0 Å². The molecule has 3 nitrogen and oxygen atoms in total. The number of hydrogen-bond donors (Lipinski definition) is 1. The fraction of sp³-hybridized carbons (Fsp3) is 0.294. The number of nitrogens with two attached hydrogens (primary N) is 1. The lowest BCUT2D eigenvalue weighted by molar-refractivity contribution is 0.298. The second-order valence-corrected chi connectivity index (χ2v) is 4.91. The molecule has 0 heterocycles. The molecule has 2 N–H and O–H groups in total. The zero-order valence-corrected chi connectivity index (χ0v) is 12.2. The van der Waals surface area contributed by atoms with E-state index in [0.29, 0.717) is 6.61 Å². The van der Waals surface area contributed by atoms with Gasteiger partial charge in [-0.2, -0.15) is 0 Å². The van der Waals surface area contributed by atoms with Crippen LogP contribution in [-0.2, 0) is 6.61 Å². The molecule has 0 aliphatic rings. The van der Waals surface area contributed by atoms with E-state index in [9.17, 15) is 0 Å². The van der Waals surface area contributed by atoms with Crippen molar-refractivity contribution in [3.8, 4) is 11.5 Å². The number of aryl methyl sites for hydroxylation is 1. The Hall–Kier alpha value is -2.00. The fourth-order valence-corrected chi connectivity index (χ4v) is 2.07. The highest BCUT2D eigenvalue weighted by Gasteiger charge is 2.10.